The highest BCUT2D eigenvalue weighted by atomic mass is 16.5. The van der Waals surface area contributed by atoms with E-state index in [1.807, 2.05) is 6.92 Å². The molecule has 1 saturated carbocycles. The first-order chi connectivity index (χ1) is 10.5. The second-order valence-corrected chi connectivity index (χ2v) is 5.31. The van der Waals surface area contributed by atoms with Crippen molar-refractivity contribution in [1.29, 1.82) is 0 Å². The Labute approximate surface area is 128 Å². The lowest BCUT2D eigenvalue weighted by atomic mass is 10.1. The highest BCUT2D eigenvalue weighted by Crippen LogP contribution is 2.32. The van der Waals surface area contributed by atoms with E-state index in [0.29, 0.717) is 5.92 Å². The Kier molecular flexibility index (Phi) is 5.14. The summed E-state index contributed by atoms with van der Waals surface area (Å²) in [5.74, 6) is -1.17. The third kappa shape index (κ3) is 4.07. The summed E-state index contributed by atoms with van der Waals surface area (Å²) in [6, 6.07) is 6.25. The largest absolute Gasteiger partial charge is 0.465 e. The molecular weight excluding hydrogens is 286 g/mol. The summed E-state index contributed by atoms with van der Waals surface area (Å²) in [4.78, 5) is 35.3. The molecule has 1 amide bonds. The molecule has 0 saturated heterocycles. The molecule has 1 aliphatic rings. The molecule has 1 unspecified atom stereocenters. The first-order valence-electron chi connectivity index (χ1n) is 7.16. The zero-order chi connectivity index (χ0) is 16.1. The van der Waals surface area contributed by atoms with E-state index in [0.717, 1.165) is 12.8 Å². The van der Waals surface area contributed by atoms with Crippen LogP contribution in [0, 0.1) is 5.92 Å². The minimum absolute atomic E-state index is 0.0809. The summed E-state index contributed by atoms with van der Waals surface area (Å²) >= 11 is 0. The van der Waals surface area contributed by atoms with Crippen molar-refractivity contribution in [3.8, 4) is 0 Å². The van der Waals surface area contributed by atoms with Crippen LogP contribution in [-0.4, -0.2) is 37.6 Å². The predicted octanol–water partition coefficient (Wildman–Crippen LogP) is 1.54. The number of carbonyl (C=O) groups excluding carboxylic acids is 3. The number of rotatable bonds is 6. The quantitative estimate of drug-likeness (QED) is 0.806. The van der Waals surface area contributed by atoms with Gasteiger partial charge in [-0.25, -0.2) is 9.59 Å². The Balaban J connectivity index is 1.92. The molecule has 1 atom stereocenters. The van der Waals surface area contributed by atoms with Crippen LogP contribution in [0.3, 0.4) is 0 Å². The third-order valence-electron chi connectivity index (χ3n) is 3.60. The molecule has 0 aromatic heterocycles. The van der Waals surface area contributed by atoms with Gasteiger partial charge in [0, 0.05) is 6.04 Å². The maximum absolute atomic E-state index is 12.0. The van der Waals surface area contributed by atoms with Crippen LogP contribution in [0.1, 0.15) is 40.5 Å². The number of ether oxygens (including phenoxy) is 2. The van der Waals surface area contributed by atoms with Crippen molar-refractivity contribution in [3.63, 3.8) is 0 Å². The molecule has 1 aromatic carbocycles. The van der Waals surface area contributed by atoms with Crippen molar-refractivity contribution in [2.75, 3.05) is 13.7 Å². The highest BCUT2D eigenvalue weighted by molar-refractivity contribution is 6.03. The van der Waals surface area contributed by atoms with Gasteiger partial charge in [-0.1, -0.05) is 12.1 Å². The van der Waals surface area contributed by atoms with Crippen molar-refractivity contribution in [1.82, 2.24) is 5.32 Å². The first-order valence-corrected chi connectivity index (χ1v) is 7.16. The van der Waals surface area contributed by atoms with Crippen LogP contribution in [0.15, 0.2) is 24.3 Å². The Morgan fingerprint density at radius 2 is 1.77 bits per heavy atom. The molecule has 0 spiro atoms. The summed E-state index contributed by atoms with van der Waals surface area (Å²) in [5, 5.41) is 2.79. The van der Waals surface area contributed by atoms with Gasteiger partial charge in [-0.05, 0) is 37.8 Å². The molecule has 1 aromatic rings. The lowest BCUT2D eigenvalue weighted by Gasteiger charge is -2.13. The summed E-state index contributed by atoms with van der Waals surface area (Å²) in [6.45, 7) is 1.56. The molecule has 0 heterocycles. The predicted molar refractivity (Wildman–Crippen MR) is 78.4 cm³/mol. The Morgan fingerprint density at radius 3 is 2.32 bits per heavy atom. The number of carbonyl (C=O) groups is 3. The van der Waals surface area contributed by atoms with Crippen LogP contribution in [-0.2, 0) is 14.3 Å². The molecule has 1 N–H and O–H groups in total. The van der Waals surface area contributed by atoms with Gasteiger partial charge in [0.05, 0.1) is 18.2 Å². The smallest absolute Gasteiger partial charge is 0.339 e. The molecule has 0 bridgehead atoms. The minimum Gasteiger partial charge on any atom is -0.465 e. The van der Waals surface area contributed by atoms with Crippen molar-refractivity contribution < 1.29 is 23.9 Å². The molecule has 118 valence electrons. The molecule has 2 rings (SSSR count). The van der Waals surface area contributed by atoms with E-state index in [1.54, 1.807) is 12.1 Å². The zero-order valence-corrected chi connectivity index (χ0v) is 12.6. The number of methoxy groups -OCH3 is 1. The van der Waals surface area contributed by atoms with Crippen molar-refractivity contribution in [2.24, 2.45) is 5.92 Å². The molecule has 1 aliphatic carbocycles. The maximum atomic E-state index is 12.0. The number of hydrogen-bond donors (Lipinski definition) is 1. The van der Waals surface area contributed by atoms with Crippen LogP contribution in [0.4, 0.5) is 0 Å². The van der Waals surface area contributed by atoms with E-state index < -0.39 is 11.9 Å². The number of amides is 1. The van der Waals surface area contributed by atoms with Crippen LogP contribution in [0.2, 0.25) is 0 Å². The molecule has 1 fully saturated rings. The standard InChI is InChI=1S/C16H19NO5/c1-10(11-7-8-11)17-14(18)9-22-16(20)13-6-4-3-5-12(13)15(19)21-2/h3-6,10-11H,7-9H2,1-2H3,(H,17,18). The van der Waals surface area contributed by atoms with Gasteiger partial charge >= 0.3 is 11.9 Å². The van der Waals surface area contributed by atoms with Crippen LogP contribution in [0.25, 0.3) is 0 Å². The Bertz CT molecular complexity index is 580. The van der Waals surface area contributed by atoms with Crippen molar-refractivity contribution >= 4 is 17.8 Å². The SMILES string of the molecule is COC(=O)c1ccccc1C(=O)OCC(=O)NC(C)C1CC1. The second kappa shape index (κ2) is 7.06. The van der Waals surface area contributed by atoms with Gasteiger partial charge in [-0.3, -0.25) is 4.79 Å². The highest BCUT2D eigenvalue weighted by Gasteiger charge is 2.29. The van der Waals surface area contributed by atoms with Crippen LogP contribution < -0.4 is 5.32 Å². The van der Waals surface area contributed by atoms with Gasteiger partial charge in [0.1, 0.15) is 0 Å². The van der Waals surface area contributed by atoms with Crippen molar-refractivity contribution in [3.05, 3.63) is 35.4 Å². The third-order valence-corrected chi connectivity index (χ3v) is 3.60. The van der Waals surface area contributed by atoms with E-state index in [2.05, 4.69) is 10.1 Å². The van der Waals surface area contributed by atoms with Gasteiger partial charge in [-0.15, -0.1) is 0 Å². The first kappa shape index (κ1) is 16.0. The molecular formula is C16H19NO5. The Hall–Kier alpha value is -2.37. The average Bonchev–Trinajstić information content (AvgIpc) is 3.36. The number of nitrogens with one attached hydrogen (secondary N) is 1. The van der Waals surface area contributed by atoms with Crippen LogP contribution in [0.5, 0.6) is 0 Å². The van der Waals surface area contributed by atoms with E-state index >= 15 is 0 Å². The number of esters is 2. The molecule has 0 aliphatic heterocycles. The van der Waals surface area contributed by atoms with E-state index in [9.17, 15) is 14.4 Å². The second-order valence-electron chi connectivity index (χ2n) is 5.31. The average molecular weight is 305 g/mol. The normalized spacial score (nSPS) is 14.8. The van der Waals surface area contributed by atoms with Crippen molar-refractivity contribution in [2.45, 2.75) is 25.8 Å². The van der Waals surface area contributed by atoms with Gasteiger partial charge in [0.2, 0.25) is 0 Å². The topological polar surface area (TPSA) is 81.7 Å². The fraction of sp³-hybridized carbons (Fsp3) is 0.438. The lowest BCUT2D eigenvalue weighted by molar-refractivity contribution is -0.124. The van der Waals surface area contributed by atoms with Gasteiger partial charge in [-0.2, -0.15) is 0 Å². The lowest BCUT2D eigenvalue weighted by Crippen LogP contribution is -2.37. The van der Waals surface area contributed by atoms with Gasteiger partial charge in [0.15, 0.2) is 6.61 Å². The number of benzene rings is 1. The molecule has 6 heteroatoms. The maximum Gasteiger partial charge on any atom is 0.339 e. The minimum atomic E-state index is -0.727. The monoisotopic (exact) mass is 305 g/mol. The summed E-state index contributed by atoms with van der Waals surface area (Å²) in [7, 11) is 1.23. The van der Waals surface area contributed by atoms with E-state index in [1.165, 1.54) is 19.2 Å². The summed E-state index contributed by atoms with van der Waals surface area (Å²) in [5.41, 5.74) is 0.194. The number of hydrogen-bond acceptors (Lipinski definition) is 5. The van der Waals surface area contributed by atoms with Gasteiger partial charge < -0.3 is 14.8 Å². The Morgan fingerprint density at radius 1 is 1.18 bits per heavy atom. The van der Waals surface area contributed by atoms with Gasteiger partial charge in [0.25, 0.3) is 5.91 Å². The molecule has 22 heavy (non-hydrogen) atoms. The summed E-state index contributed by atoms with van der Waals surface area (Å²) < 4.78 is 9.58. The molecule has 0 radical (unpaired) electrons. The zero-order valence-electron chi connectivity index (χ0n) is 12.6. The fourth-order valence-electron chi connectivity index (χ4n) is 2.17. The fourth-order valence-corrected chi connectivity index (χ4v) is 2.17. The molecule has 6 nitrogen and oxygen atoms in total. The van der Waals surface area contributed by atoms with Crippen LogP contribution >= 0.6 is 0 Å². The summed E-state index contributed by atoms with van der Waals surface area (Å²) in [6.07, 6.45) is 2.24. The van der Waals surface area contributed by atoms with E-state index in [4.69, 9.17) is 4.74 Å². The van der Waals surface area contributed by atoms with E-state index in [-0.39, 0.29) is 29.7 Å².